The average molecular weight is 277 g/mol. The summed E-state index contributed by atoms with van der Waals surface area (Å²) in [6.07, 6.45) is 2.30. The van der Waals surface area contributed by atoms with E-state index in [0.29, 0.717) is 10.8 Å². The molecule has 0 unspecified atom stereocenters. The molecule has 1 N–H and O–H groups in total. The first-order valence-corrected chi connectivity index (χ1v) is 6.54. The predicted octanol–water partition coefficient (Wildman–Crippen LogP) is 2.96. The third kappa shape index (κ3) is 2.12. The smallest absolute Gasteiger partial charge is 0.195 e. The van der Waals surface area contributed by atoms with E-state index in [-0.39, 0.29) is 0 Å². The van der Waals surface area contributed by atoms with E-state index in [9.17, 15) is 0 Å². The second-order valence-corrected chi connectivity index (χ2v) is 4.91. The molecule has 0 saturated heterocycles. The fourth-order valence-corrected chi connectivity index (χ4v) is 2.43. The summed E-state index contributed by atoms with van der Waals surface area (Å²) < 4.78 is 13.4. The van der Waals surface area contributed by atoms with Crippen LogP contribution in [-0.2, 0) is 0 Å². The van der Waals surface area contributed by atoms with Crippen LogP contribution < -0.4 is 9.47 Å². The number of H-pyrrole nitrogens is 1. The number of rotatable bonds is 4. The van der Waals surface area contributed by atoms with Crippen LogP contribution in [0.1, 0.15) is 18.9 Å². The van der Waals surface area contributed by atoms with Gasteiger partial charge in [0.1, 0.15) is 11.5 Å². The maximum atomic E-state index is 5.43. The van der Waals surface area contributed by atoms with Crippen LogP contribution in [-0.4, -0.2) is 29.0 Å². The average Bonchev–Trinajstić information content (AvgIpc) is 3.21. The fourth-order valence-electron chi connectivity index (χ4n) is 2.15. The number of nitrogens with zero attached hydrogens (tertiary/aromatic N) is 2. The maximum Gasteiger partial charge on any atom is 0.195 e. The largest absolute Gasteiger partial charge is 0.497 e. The summed E-state index contributed by atoms with van der Waals surface area (Å²) in [6, 6.07) is 6.16. The SMILES string of the molecule is COc1ccc(-c2n[nH]c(=S)n2C2CC2)c(OC)c1. The second-order valence-electron chi connectivity index (χ2n) is 4.52. The summed E-state index contributed by atoms with van der Waals surface area (Å²) >= 11 is 5.30. The summed E-state index contributed by atoms with van der Waals surface area (Å²) in [5.74, 6) is 2.31. The van der Waals surface area contributed by atoms with Gasteiger partial charge in [-0.3, -0.25) is 9.67 Å². The Balaban J connectivity index is 2.14. The lowest BCUT2D eigenvalue weighted by Gasteiger charge is -2.11. The Kier molecular flexibility index (Phi) is 3.02. The fraction of sp³-hybridized carbons (Fsp3) is 0.385. The molecule has 1 aromatic carbocycles. The molecule has 0 amide bonds. The van der Waals surface area contributed by atoms with E-state index in [1.165, 1.54) is 0 Å². The Morgan fingerprint density at radius 1 is 1.32 bits per heavy atom. The molecule has 1 heterocycles. The van der Waals surface area contributed by atoms with Crippen molar-refractivity contribution >= 4 is 12.2 Å². The molecule has 100 valence electrons. The third-order valence-electron chi connectivity index (χ3n) is 3.27. The highest BCUT2D eigenvalue weighted by Gasteiger charge is 2.28. The Hall–Kier alpha value is -1.82. The topological polar surface area (TPSA) is 52.1 Å². The van der Waals surface area contributed by atoms with Crippen molar-refractivity contribution in [3.8, 4) is 22.9 Å². The zero-order valence-corrected chi connectivity index (χ0v) is 11.7. The quantitative estimate of drug-likeness (QED) is 0.873. The van der Waals surface area contributed by atoms with E-state index in [2.05, 4.69) is 14.8 Å². The van der Waals surface area contributed by atoms with Crippen LogP contribution in [0.2, 0.25) is 0 Å². The highest BCUT2D eigenvalue weighted by molar-refractivity contribution is 7.71. The van der Waals surface area contributed by atoms with Gasteiger partial charge in [-0.25, -0.2) is 0 Å². The highest BCUT2D eigenvalue weighted by atomic mass is 32.1. The van der Waals surface area contributed by atoms with Crippen molar-refractivity contribution in [2.75, 3.05) is 14.2 Å². The van der Waals surface area contributed by atoms with Gasteiger partial charge < -0.3 is 9.47 Å². The molecule has 0 bridgehead atoms. The normalized spacial score (nSPS) is 14.4. The lowest BCUT2D eigenvalue weighted by atomic mass is 10.1. The molecule has 1 aliphatic carbocycles. The minimum atomic E-state index is 0.466. The first-order valence-electron chi connectivity index (χ1n) is 6.14. The van der Waals surface area contributed by atoms with Gasteiger partial charge >= 0.3 is 0 Å². The minimum Gasteiger partial charge on any atom is -0.497 e. The van der Waals surface area contributed by atoms with E-state index in [0.717, 1.165) is 35.7 Å². The molecule has 6 heteroatoms. The van der Waals surface area contributed by atoms with Gasteiger partial charge in [-0.15, -0.1) is 0 Å². The van der Waals surface area contributed by atoms with Crippen LogP contribution in [0.3, 0.4) is 0 Å². The maximum absolute atomic E-state index is 5.43. The van der Waals surface area contributed by atoms with Crippen LogP contribution in [0.4, 0.5) is 0 Å². The van der Waals surface area contributed by atoms with Crippen LogP contribution in [0, 0.1) is 4.77 Å². The van der Waals surface area contributed by atoms with Crippen molar-refractivity contribution in [2.24, 2.45) is 0 Å². The van der Waals surface area contributed by atoms with Crippen LogP contribution in [0.25, 0.3) is 11.4 Å². The lowest BCUT2D eigenvalue weighted by molar-refractivity contribution is 0.395. The van der Waals surface area contributed by atoms with Gasteiger partial charge in [0.15, 0.2) is 10.6 Å². The molecule has 3 rings (SSSR count). The Morgan fingerprint density at radius 3 is 2.74 bits per heavy atom. The van der Waals surface area contributed by atoms with Gasteiger partial charge in [0, 0.05) is 12.1 Å². The second kappa shape index (κ2) is 4.70. The van der Waals surface area contributed by atoms with Crippen molar-refractivity contribution in [2.45, 2.75) is 18.9 Å². The van der Waals surface area contributed by atoms with Gasteiger partial charge in [-0.1, -0.05) is 0 Å². The zero-order chi connectivity index (χ0) is 13.4. The molecular weight excluding hydrogens is 262 g/mol. The van der Waals surface area contributed by atoms with Gasteiger partial charge in [-0.05, 0) is 37.2 Å². The number of aromatic amines is 1. The number of aromatic nitrogens is 3. The van der Waals surface area contributed by atoms with Gasteiger partial charge in [-0.2, -0.15) is 5.10 Å². The summed E-state index contributed by atoms with van der Waals surface area (Å²) in [6.45, 7) is 0. The van der Waals surface area contributed by atoms with Gasteiger partial charge in [0.05, 0.1) is 19.8 Å². The standard InChI is InChI=1S/C13H15N3O2S/c1-17-9-5-6-10(11(7-9)18-2)12-14-15-13(19)16(12)8-3-4-8/h5-8H,3-4H2,1-2H3,(H,15,19). The predicted molar refractivity (Wildman–Crippen MR) is 74.2 cm³/mol. The first-order chi connectivity index (χ1) is 9.24. The third-order valence-corrected chi connectivity index (χ3v) is 3.55. The summed E-state index contributed by atoms with van der Waals surface area (Å²) in [4.78, 5) is 0. The van der Waals surface area contributed by atoms with Gasteiger partial charge in [0.2, 0.25) is 0 Å². The molecule has 1 aliphatic rings. The monoisotopic (exact) mass is 277 g/mol. The zero-order valence-electron chi connectivity index (χ0n) is 10.8. The molecule has 0 radical (unpaired) electrons. The lowest BCUT2D eigenvalue weighted by Crippen LogP contribution is -1.99. The summed E-state index contributed by atoms with van der Waals surface area (Å²) in [5, 5.41) is 7.20. The molecule has 0 spiro atoms. The Labute approximate surface area is 116 Å². The summed E-state index contributed by atoms with van der Waals surface area (Å²) in [7, 11) is 3.27. The number of ether oxygens (including phenoxy) is 2. The van der Waals surface area contributed by atoms with Crippen molar-refractivity contribution in [1.29, 1.82) is 0 Å². The van der Waals surface area contributed by atoms with Crippen LogP contribution in [0.15, 0.2) is 18.2 Å². The molecule has 5 nitrogen and oxygen atoms in total. The van der Waals surface area contributed by atoms with Crippen LogP contribution in [0.5, 0.6) is 11.5 Å². The number of hydrogen-bond acceptors (Lipinski definition) is 4. The van der Waals surface area contributed by atoms with E-state index in [1.807, 2.05) is 18.2 Å². The highest BCUT2D eigenvalue weighted by Crippen LogP contribution is 2.40. The van der Waals surface area contributed by atoms with Crippen molar-refractivity contribution < 1.29 is 9.47 Å². The first kappa shape index (κ1) is 12.2. The Bertz CT molecular complexity index is 658. The molecular formula is C13H15N3O2S. The molecule has 0 aliphatic heterocycles. The molecule has 0 atom stereocenters. The molecule has 19 heavy (non-hydrogen) atoms. The Morgan fingerprint density at radius 2 is 2.11 bits per heavy atom. The van der Waals surface area contributed by atoms with Crippen molar-refractivity contribution in [3.05, 3.63) is 23.0 Å². The van der Waals surface area contributed by atoms with Crippen molar-refractivity contribution in [3.63, 3.8) is 0 Å². The van der Waals surface area contributed by atoms with Gasteiger partial charge in [0.25, 0.3) is 0 Å². The van der Waals surface area contributed by atoms with Crippen LogP contribution >= 0.6 is 12.2 Å². The molecule has 1 saturated carbocycles. The number of hydrogen-bond donors (Lipinski definition) is 1. The van der Waals surface area contributed by atoms with E-state index < -0.39 is 0 Å². The molecule has 2 aromatic rings. The number of nitrogens with one attached hydrogen (secondary N) is 1. The molecule has 1 fully saturated rings. The van der Waals surface area contributed by atoms with E-state index in [4.69, 9.17) is 21.7 Å². The summed E-state index contributed by atoms with van der Waals surface area (Å²) in [5.41, 5.74) is 0.919. The number of methoxy groups -OCH3 is 2. The van der Waals surface area contributed by atoms with E-state index in [1.54, 1.807) is 14.2 Å². The minimum absolute atomic E-state index is 0.466. The molecule has 1 aromatic heterocycles. The number of benzene rings is 1. The van der Waals surface area contributed by atoms with E-state index >= 15 is 0 Å². The van der Waals surface area contributed by atoms with Crippen molar-refractivity contribution in [1.82, 2.24) is 14.8 Å².